The average molecular weight is 374 g/mol. The van der Waals surface area contributed by atoms with Gasteiger partial charge in [-0.1, -0.05) is 29.8 Å². The van der Waals surface area contributed by atoms with Crippen molar-refractivity contribution < 1.29 is 9.59 Å². The van der Waals surface area contributed by atoms with E-state index in [1.165, 1.54) is 0 Å². The van der Waals surface area contributed by atoms with Gasteiger partial charge in [-0.25, -0.2) is 0 Å². The van der Waals surface area contributed by atoms with E-state index in [0.717, 1.165) is 18.7 Å². The molecule has 0 aliphatic carbocycles. The zero-order chi connectivity index (χ0) is 18.8. The standard InChI is InChI=1S/C20H24ClN3O2/c1-24(18-6-3-2-4-7-18)15-5-13-22-19(25)12-14-23-20(26)16-8-10-17(21)11-9-16/h2-4,6-11H,5,12-15H2,1H3,(H,22,25)(H,23,26). The molecular weight excluding hydrogens is 350 g/mol. The molecule has 0 unspecified atom stereocenters. The molecule has 0 radical (unpaired) electrons. The van der Waals surface area contributed by atoms with Crippen molar-refractivity contribution in [1.29, 1.82) is 0 Å². The maximum Gasteiger partial charge on any atom is 0.251 e. The van der Waals surface area contributed by atoms with E-state index >= 15 is 0 Å². The van der Waals surface area contributed by atoms with E-state index in [-0.39, 0.29) is 18.2 Å². The highest BCUT2D eigenvalue weighted by Crippen LogP contribution is 2.11. The summed E-state index contributed by atoms with van der Waals surface area (Å²) < 4.78 is 0. The van der Waals surface area contributed by atoms with E-state index in [0.29, 0.717) is 23.7 Å². The first-order valence-corrected chi connectivity index (χ1v) is 9.00. The van der Waals surface area contributed by atoms with Crippen molar-refractivity contribution in [3.05, 3.63) is 65.2 Å². The molecule has 0 aliphatic rings. The number of benzene rings is 2. The molecule has 2 rings (SSSR count). The van der Waals surface area contributed by atoms with Crippen LogP contribution < -0.4 is 15.5 Å². The van der Waals surface area contributed by atoms with Gasteiger partial charge in [0.1, 0.15) is 0 Å². The quantitative estimate of drug-likeness (QED) is 0.664. The second-order valence-electron chi connectivity index (χ2n) is 5.97. The monoisotopic (exact) mass is 373 g/mol. The summed E-state index contributed by atoms with van der Waals surface area (Å²) in [5.41, 5.74) is 1.68. The Balaban J connectivity index is 1.57. The van der Waals surface area contributed by atoms with Gasteiger partial charge in [0.25, 0.3) is 5.91 Å². The van der Waals surface area contributed by atoms with E-state index in [1.807, 2.05) is 25.2 Å². The molecule has 6 heteroatoms. The lowest BCUT2D eigenvalue weighted by atomic mass is 10.2. The molecule has 138 valence electrons. The first kappa shape index (κ1) is 19.8. The molecule has 0 aliphatic heterocycles. The van der Waals surface area contributed by atoms with Gasteiger partial charge in [-0.3, -0.25) is 9.59 Å². The number of anilines is 1. The van der Waals surface area contributed by atoms with Gasteiger partial charge in [-0.2, -0.15) is 0 Å². The molecule has 0 spiro atoms. The molecule has 26 heavy (non-hydrogen) atoms. The molecule has 2 N–H and O–H groups in total. The van der Waals surface area contributed by atoms with Crippen molar-refractivity contribution >= 4 is 29.1 Å². The Labute approximate surface area is 159 Å². The maximum absolute atomic E-state index is 11.9. The Bertz CT molecular complexity index is 705. The summed E-state index contributed by atoms with van der Waals surface area (Å²) in [6, 6.07) is 16.7. The van der Waals surface area contributed by atoms with Crippen LogP contribution in [0, 0.1) is 0 Å². The molecule has 2 aromatic rings. The number of para-hydroxylation sites is 1. The van der Waals surface area contributed by atoms with Gasteiger partial charge in [0.2, 0.25) is 5.91 Å². The van der Waals surface area contributed by atoms with E-state index in [9.17, 15) is 9.59 Å². The second kappa shape index (κ2) is 10.5. The van der Waals surface area contributed by atoms with Crippen molar-refractivity contribution in [3.8, 4) is 0 Å². The fraction of sp³-hybridized carbons (Fsp3) is 0.300. The van der Waals surface area contributed by atoms with Gasteiger partial charge in [-0.15, -0.1) is 0 Å². The molecule has 0 atom stereocenters. The molecular formula is C20H24ClN3O2. The minimum atomic E-state index is -0.209. The van der Waals surface area contributed by atoms with Crippen LogP contribution in [0.3, 0.4) is 0 Å². The van der Waals surface area contributed by atoms with Crippen LogP contribution in [0.1, 0.15) is 23.2 Å². The Morgan fingerprint density at radius 2 is 1.65 bits per heavy atom. The zero-order valence-electron chi connectivity index (χ0n) is 14.9. The lowest BCUT2D eigenvalue weighted by Gasteiger charge is -2.19. The van der Waals surface area contributed by atoms with Crippen LogP contribution in [0.5, 0.6) is 0 Å². The van der Waals surface area contributed by atoms with E-state index < -0.39 is 0 Å². The highest BCUT2D eigenvalue weighted by Gasteiger charge is 2.06. The van der Waals surface area contributed by atoms with Gasteiger partial charge in [0.15, 0.2) is 0 Å². The van der Waals surface area contributed by atoms with Crippen LogP contribution in [-0.4, -0.2) is 38.5 Å². The number of hydrogen-bond donors (Lipinski definition) is 2. The average Bonchev–Trinajstić information content (AvgIpc) is 2.66. The summed E-state index contributed by atoms with van der Waals surface area (Å²) in [7, 11) is 2.03. The number of rotatable bonds is 9. The Morgan fingerprint density at radius 3 is 2.35 bits per heavy atom. The third kappa shape index (κ3) is 6.76. The summed E-state index contributed by atoms with van der Waals surface area (Å²) in [5.74, 6) is -0.275. The number of amides is 2. The van der Waals surface area contributed by atoms with Crippen LogP contribution in [0.2, 0.25) is 5.02 Å². The van der Waals surface area contributed by atoms with E-state index in [1.54, 1.807) is 24.3 Å². The molecule has 2 aromatic carbocycles. The summed E-state index contributed by atoms with van der Waals surface area (Å²) in [6.07, 6.45) is 1.11. The third-order valence-electron chi connectivity index (χ3n) is 3.93. The molecule has 0 aromatic heterocycles. The van der Waals surface area contributed by atoms with Gasteiger partial charge < -0.3 is 15.5 Å². The highest BCUT2D eigenvalue weighted by atomic mass is 35.5. The van der Waals surface area contributed by atoms with Crippen LogP contribution in [0.25, 0.3) is 0 Å². The smallest absolute Gasteiger partial charge is 0.251 e. The lowest BCUT2D eigenvalue weighted by Crippen LogP contribution is -2.32. The highest BCUT2D eigenvalue weighted by molar-refractivity contribution is 6.30. The third-order valence-corrected chi connectivity index (χ3v) is 4.19. The minimum absolute atomic E-state index is 0.0660. The number of halogens is 1. The lowest BCUT2D eigenvalue weighted by molar-refractivity contribution is -0.120. The van der Waals surface area contributed by atoms with Crippen molar-refractivity contribution in [1.82, 2.24) is 10.6 Å². The fourth-order valence-electron chi connectivity index (χ4n) is 2.44. The molecule has 0 bridgehead atoms. The van der Waals surface area contributed by atoms with Gasteiger partial charge >= 0.3 is 0 Å². The van der Waals surface area contributed by atoms with Crippen LogP contribution >= 0.6 is 11.6 Å². The predicted octanol–water partition coefficient (Wildman–Crippen LogP) is 3.10. The molecule has 2 amide bonds. The fourth-order valence-corrected chi connectivity index (χ4v) is 2.56. The Morgan fingerprint density at radius 1 is 0.962 bits per heavy atom. The first-order valence-electron chi connectivity index (χ1n) is 8.63. The number of nitrogens with one attached hydrogen (secondary N) is 2. The normalized spacial score (nSPS) is 10.2. The molecule has 0 saturated heterocycles. The molecule has 5 nitrogen and oxygen atoms in total. The SMILES string of the molecule is CN(CCCNC(=O)CCNC(=O)c1ccc(Cl)cc1)c1ccccc1. The summed E-state index contributed by atoms with van der Waals surface area (Å²) in [5, 5.41) is 6.19. The zero-order valence-corrected chi connectivity index (χ0v) is 15.6. The predicted molar refractivity (Wildman–Crippen MR) is 106 cm³/mol. The van der Waals surface area contributed by atoms with Crippen LogP contribution in [0.15, 0.2) is 54.6 Å². The van der Waals surface area contributed by atoms with Crippen LogP contribution in [0.4, 0.5) is 5.69 Å². The molecule has 0 fully saturated rings. The summed E-state index contributed by atoms with van der Waals surface area (Å²) in [6.45, 7) is 1.77. The number of hydrogen-bond acceptors (Lipinski definition) is 3. The van der Waals surface area contributed by atoms with E-state index in [2.05, 4.69) is 27.7 Å². The first-order chi connectivity index (χ1) is 12.6. The topological polar surface area (TPSA) is 61.4 Å². The van der Waals surface area contributed by atoms with Crippen molar-refractivity contribution in [3.63, 3.8) is 0 Å². The van der Waals surface area contributed by atoms with Crippen molar-refractivity contribution in [2.45, 2.75) is 12.8 Å². The van der Waals surface area contributed by atoms with Gasteiger partial charge in [0.05, 0.1) is 0 Å². The van der Waals surface area contributed by atoms with Crippen molar-refractivity contribution in [2.24, 2.45) is 0 Å². The number of nitrogens with zero attached hydrogens (tertiary/aromatic N) is 1. The van der Waals surface area contributed by atoms with Crippen LogP contribution in [-0.2, 0) is 4.79 Å². The number of carbonyl (C=O) groups is 2. The summed E-state index contributed by atoms with van der Waals surface area (Å²) >= 11 is 5.79. The van der Waals surface area contributed by atoms with Gasteiger partial charge in [0, 0.05) is 49.4 Å². The van der Waals surface area contributed by atoms with Crippen molar-refractivity contribution in [2.75, 3.05) is 31.6 Å². The van der Waals surface area contributed by atoms with Gasteiger partial charge in [-0.05, 0) is 42.8 Å². The number of carbonyl (C=O) groups excluding carboxylic acids is 2. The minimum Gasteiger partial charge on any atom is -0.375 e. The Kier molecular flexibility index (Phi) is 7.96. The molecule has 0 heterocycles. The van der Waals surface area contributed by atoms with E-state index in [4.69, 9.17) is 11.6 Å². The Hall–Kier alpha value is -2.53. The molecule has 0 saturated carbocycles. The second-order valence-corrected chi connectivity index (χ2v) is 6.41. The largest absolute Gasteiger partial charge is 0.375 e. The maximum atomic E-state index is 11.9. The summed E-state index contributed by atoms with van der Waals surface area (Å²) in [4.78, 5) is 25.9.